The number of rotatable bonds is 2. The molecule has 15 heavy (non-hydrogen) atoms. The molecular weight excluding hydrogens is 190 g/mol. The molecule has 3 nitrogen and oxygen atoms in total. The number of carboxylic acid groups (broad SMARTS) is 1. The molecule has 1 aliphatic heterocycles. The molecule has 80 valence electrons. The predicted octanol–water partition coefficient (Wildman–Crippen LogP) is 1.87. The van der Waals surface area contributed by atoms with Crippen molar-refractivity contribution in [1.29, 1.82) is 0 Å². The summed E-state index contributed by atoms with van der Waals surface area (Å²) < 4.78 is 0. The Balaban J connectivity index is 2.07. The number of carboxylic acids is 1. The van der Waals surface area contributed by atoms with Gasteiger partial charge in [-0.1, -0.05) is 29.8 Å². The highest BCUT2D eigenvalue weighted by Gasteiger charge is 2.29. The molecule has 0 aromatic heterocycles. The van der Waals surface area contributed by atoms with E-state index in [1.807, 2.05) is 6.92 Å². The van der Waals surface area contributed by atoms with E-state index in [0.717, 1.165) is 6.42 Å². The Morgan fingerprint density at radius 2 is 2.00 bits per heavy atom. The Kier molecular flexibility index (Phi) is 2.73. The summed E-state index contributed by atoms with van der Waals surface area (Å²) in [6.07, 6.45) is 1.62. The lowest BCUT2D eigenvalue weighted by atomic mass is 10.0. The zero-order valence-corrected chi connectivity index (χ0v) is 8.73. The summed E-state index contributed by atoms with van der Waals surface area (Å²) >= 11 is 0. The minimum atomic E-state index is -0.746. The zero-order valence-electron chi connectivity index (χ0n) is 8.73. The van der Waals surface area contributed by atoms with Gasteiger partial charge in [0, 0.05) is 6.04 Å². The van der Waals surface area contributed by atoms with Gasteiger partial charge in [0.1, 0.15) is 6.04 Å². The standard InChI is InChI=1S/C12H15NO2/c1-8-2-4-9(5-3-8)10-6-7-11(13-10)12(14)15/h2-5,10-11,13H,6-7H2,1H3,(H,14,15)/t10-,11+/m1/s1. The molecule has 2 N–H and O–H groups in total. The van der Waals surface area contributed by atoms with Crippen LogP contribution in [0, 0.1) is 6.92 Å². The molecule has 0 amide bonds. The monoisotopic (exact) mass is 205 g/mol. The van der Waals surface area contributed by atoms with Crippen LogP contribution >= 0.6 is 0 Å². The van der Waals surface area contributed by atoms with Crippen LogP contribution in [-0.2, 0) is 4.79 Å². The van der Waals surface area contributed by atoms with Crippen LogP contribution in [0.3, 0.4) is 0 Å². The second kappa shape index (κ2) is 4.03. The number of aliphatic carboxylic acids is 1. The molecule has 0 aliphatic carbocycles. The summed E-state index contributed by atoms with van der Waals surface area (Å²) in [5.74, 6) is -0.746. The number of hydrogen-bond donors (Lipinski definition) is 2. The van der Waals surface area contributed by atoms with Gasteiger partial charge in [-0.05, 0) is 25.3 Å². The molecule has 3 heteroatoms. The Labute approximate surface area is 89.1 Å². The van der Waals surface area contributed by atoms with Gasteiger partial charge in [-0.2, -0.15) is 0 Å². The zero-order chi connectivity index (χ0) is 10.8. The largest absolute Gasteiger partial charge is 0.480 e. The third kappa shape index (κ3) is 2.18. The molecule has 0 bridgehead atoms. The average Bonchev–Trinajstić information content (AvgIpc) is 2.68. The molecule has 2 atom stereocenters. The van der Waals surface area contributed by atoms with Gasteiger partial charge in [0.2, 0.25) is 0 Å². The third-order valence-electron chi connectivity index (χ3n) is 2.92. The maximum atomic E-state index is 10.8. The van der Waals surface area contributed by atoms with Crippen molar-refractivity contribution in [1.82, 2.24) is 5.32 Å². The summed E-state index contributed by atoms with van der Waals surface area (Å²) in [5, 5.41) is 12.0. The number of nitrogens with one attached hydrogen (secondary N) is 1. The van der Waals surface area contributed by atoms with Gasteiger partial charge in [-0.25, -0.2) is 0 Å². The lowest BCUT2D eigenvalue weighted by molar-refractivity contribution is -0.139. The number of carbonyl (C=O) groups is 1. The number of aryl methyl sites for hydroxylation is 1. The maximum absolute atomic E-state index is 10.8. The molecule has 1 heterocycles. The van der Waals surface area contributed by atoms with Crippen molar-refractivity contribution < 1.29 is 9.90 Å². The summed E-state index contributed by atoms with van der Waals surface area (Å²) in [6, 6.07) is 8.08. The first kappa shape index (κ1) is 10.2. The first-order chi connectivity index (χ1) is 7.16. The molecule has 0 unspecified atom stereocenters. The van der Waals surface area contributed by atoms with E-state index < -0.39 is 5.97 Å². The van der Waals surface area contributed by atoms with Crippen molar-refractivity contribution in [3.05, 3.63) is 35.4 Å². The average molecular weight is 205 g/mol. The molecule has 1 fully saturated rings. The van der Waals surface area contributed by atoms with Crippen molar-refractivity contribution >= 4 is 5.97 Å². The summed E-state index contributed by atoms with van der Waals surface area (Å²) in [6.45, 7) is 2.05. The van der Waals surface area contributed by atoms with Crippen LogP contribution in [0.2, 0.25) is 0 Å². The Morgan fingerprint density at radius 1 is 1.33 bits per heavy atom. The fourth-order valence-electron chi connectivity index (χ4n) is 2.00. The van der Waals surface area contributed by atoms with Gasteiger partial charge in [0.15, 0.2) is 0 Å². The highest BCUT2D eigenvalue weighted by atomic mass is 16.4. The normalized spacial score (nSPS) is 25.4. The van der Waals surface area contributed by atoms with E-state index >= 15 is 0 Å². The number of hydrogen-bond acceptors (Lipinski definition) is 2. The van der Waals surface area contributed by atoms with Gasteiger partial charge in [-0.15, -0.1) is 0 Å². The maximum Gasteiger partial charge on any atom is 0.320 e. The molecule has 1 aromatic carbocycles. The topological polar surface area (TPSA) is 49.3 Å². The third-order valence-corrected chi connectivity index (χ3v) is 2.92. The van der Waals surface area contributed by atoms with E-state index in [1.54, 1.807) is 0 Å². The van der Waals surface area contributed by atoms with Crippen LogP contribution in [0.5, 0.6) is 0 Å². The van der Waals surface area contributed by atoms with Gasteiger partial charge >= 0.3 is 5.97 Å². The summed E-state index contributed by atoms with van der Waals surface area (Å²) in [7, 11) is 0. The molecule has 1 aliphatic rings. The fourth-order valence-corrected chi connectivity index (χ4v) is 2.00. The van der Waals surface area contributed by atoms with Crippen LogP contribution < -0.4 is 5.32 Å². The fraction of sp³-hybridized carbons (Fsp3) is 0.417. The quantitative estimate of drug-likeness (QED) is 0.775. The van der Waals surface area contributed by atoms with Crippen LogP contribution in [0.1, 0.15) is 30.0 Å². The molecule has 0 saturated carbocycles. The first-order valence-corrected chi connectivity index (χ1v) is 5.22. The van der Waals surface area contributed by atoms with E-state index in [-0.39, 0.29) is 12.1 Å². The lowest BCUT2D eigenvalue weighted by Gasteiger charge is -2.12. The summed E-state index contributed by atoms with van der Waals surface area (Å²) in [5.41, 5.74) is 2.41. The van der Waals surface area contributed by atoms with Crippen molar-refractivity contribution in [2.24, 2.45) is 0 Å². The van der Waals surface area contributed by atoms with E-state index in [1.165, 1.54) is 11.1 Å². The van der Waals surface area contributed by atoms with Crippen molar-refractivity contribution in [3.8, 4) is 0 Å². The smallest absolute Gasteiger partial charge is 0.320 e. The molecule has 0 spiro atoms. The van der Waals surface area contributed by atoms with E-state index in [2.05, 4.69) is 29.6 Å². The second-order valence-corrected chi connectivity index (χ2v) is 4.10. The molecule has 1 saturated heterocycles. The van der Waals surface area contributed by atoms with Crippen LogP contribution in [0.15, 0.2) is 24.3 Å². The van der Waals surface area contributed by atoms with E-state index in [9.17, 15) is 4.79 Å². The number of benzene rings is 1. The lowest BCUT2D eigenvalue weighted by Crippen LogP contribution is -2.31. The van der Waals surface area contributed by atoms with Crippen molar-refractivity contribution in [3.63, 3.8) is 0 Å². The van der Waals surface area contributed by atoms with E-state index in [4.69, 9.17) is 5.11 Å². The highest BCUT2D eigenvalue weighted by molar-refractivity contribution is 5.73. The van der Waals surface area contributed by atoms with Gasteiger partial charge in [0.05, 0.1) is 0 Å². The highest BCUT2D eigenvalue weighted by Crippen LogP contribution is 2.26. The Bertz CT molecular complexity index is 358. The Morgan fingerprint density at radius 3 is 2.53 bits per heavy atom. The minimum absolute atomic E-state index is 0.201. The summed E-state index contributed by atoms with van der Waals surface area (Å²) in [4.78, 5) is 10.8. The molecule has 1 aromatic rings. The first-order valence-electron chi connectivity index (χ1n) is 5.22. The Hall–Kier alpha value is -1.35. The molecular formula is C12H15NO2. The van der Waals surface area contributed by atoms with Crippen LogP contribution in [0.4, 0.5) is 0 Å². The minimum Gasteiger partial charge on any atom is -0.480 e. The van der Waals surface area contributed by atoms with Gasteiger partial charge in [-0.3, -0.25) is 10.1 Å². The van der Waals surface area contributed by atoms with Crippen LogP contribution in [-0.4, -0.2) is 17.1 Å². The predicted molar refractivity (Wildman–Crippen MR) is 57.7 cm³/mol. The second-order valence-electron chi connectivity index (χ2n) is 4.10. The van der Waals surface area contributed by atoms with Crippen LogP contribution in [0.25, 0.3) is 0 Å². The SMILES string of the molecule is Cc1ccc([C@H]2CC[C@@H](C(=O)O)N2)cc1. The van der Waals surface area contributed by atoms with Gasteiger partial charge < -0.3 is 5.11 Å². The molecule has 0 radical (unpaired) electrons. The van der Waals surface area contributed by atoms with E-state index in [0.29, 0.717) is 6.42 Å². The molecule has 2 rings (SSSR count). The van der Waals surface area contributed by atoms with Crippen molar-refractivity contribution in [2.45, 2.75) is 31.8 Å². The van der Waals surface area contributed by atoms with Crippen molar-refractivity contribution in [2.75, 3.05) is 0 Å². The van der Waals surface area contributed by atoms with Gasteiger partial charge in [0.25, 0.3) is 0 Å².